The van der Waals surface area contributed by atoms with E-state index < -0.39 is 0 Å². The highest BCUT2D eigenvalue weighted by molar-refractivity contribution is 5.85. The molecule has 0 bridgehead atoms. The normalized spacial score (nSPS) is 19.8. The Hall–Kier alpha value is -0.770. The molecule has 1 aromatic rings. The fourth-order valence-corrected chi connectivity index (χ4v) is 2.71. The van der Waals surface area contributed by atoms with Gasteiger partial charge >= 0.3 is 0 Å². The Morgan fingerprint density at radius 1 is 1.42 bits per heavy atom. The van der Waals surface area contributed by atoms with Crippen molar-refractivity contribution in [2.24, 2.45) is 0 Å². The van der Waals surface area contributed by atoms with E-state index in [0.29, 0.717) is 6.04 Å². The van der Waals surface area contributed by atoms with Crippen molar-refractivity contribution in [3.63, 3.8) is 0 Å². The minimum Gasteiger partial charge on any atom is -0.496 e. The third-order valence-corrected chi connectivity index (χ3v) is 3.74. The number of likely N-dealkylation sites (tertiary alicyclic amines) is 1. The van der Waals surface area contributed by atoms with Gasteiger partial charge in [-0.05, 0) is 39.4 Å². The number of hydrogen-bond donors (Lipinski definition) is 1. The molecule has 1 heterocycles. The van der Waals surface area contributed by atoms with E-state index in [0.717, 1.165) is 18.8 Å². The smallest absolute Gasteiger partial charge is 0.123 e. The maximum Gasteiger partial charge on any atom is 0.123 e. The number of hydrogen-bond acceptors (Lipinski definition) is 3. The van der Waals surface area contributed by atoms with E-state index in [2.05, 4.69) is 42.4 Å². The van der Waals surface area contributed by atoms with Gasteiger partial charge in [0.05, 0.1) is 7.11 Å². The van der Waals surface area contributed by atoms with Crippen LogP contribution in [0.3, 0.4) is 0 Å². The van der Waals surface area contributed by atoms with E-state index >= 15 is 0 Å². The summed E-state index contributed by atoms with van der Waals surface area (Å²) in [6, 6.07) is 7.05. The number of rotatable bonds is 4. The quantitative estimate of drug-likeness (QED) is 0.920. The molecule has 1 aliphatic rings. The van der Waals surface area contributed by atoms with Gasteiger partial charge in [-0.25, -0.2) is 0 Å². The summed E-state index contributed by atoms with van der Waals surface area (Å²) < 4.78 is 5.45. The summed E-state index contributed by atoms with van der Waals surface area (Å²) >= 11 is 0. The highest BCUT2D eigenvalue weighted by Gasteiger charge is 2.19. The van der Waals surface area contributed by atoms with Crippen molar-refractivity contribution >= 4 is 12.4 Å². The molecule has 4 heteroatoms. The lowest BCUT2D eigenvalue weighted by Gasteiger charge is -2.32. The number of aryl methyl sites for hydroxylation is 1. The molecule has 0 spiro atoms. The largest absolute Gasteiger partial charge is 0.496 e. The Morgan fingerprint density at radius 2 is 2.21 bits per heavy atom. The molecule has 0 amide bonds. The third kappa shape index (κ3) is 4.37. The molecule has 1 aromatic carbocycles. The average molecular weight is 285 g/mol. The maximum atomic E-state index is 5.45. The number of nitrogens with one attached hydrogen (secondary N) is 1. The monoisotopic (exact) mass is 284 g/mol. The van der Waals surface area contributed by atoms with Gasteiger partial charge in [-0.2, -0.15) is 0 Å². The first-order chi connectivity index (χ1) is 8.72. The molecule has 0 saturated carbocycles. The Morgan fingerprint density at radius 3 is 2.89 bits per heavy atom. The maximum absolute atomic E-state index is 5.45. The van der Waals surface area contributed by atoms with E-state index in [1.807, 2.05) is 0 Å². The Bertz CT molecular complexity index is 398. The van der Waals surface area contributed by atoms with Gasteiger partial charge < -0.3 is 10.1 Å². The summed E-state index contributed by atoms with van der Waals surface area (Å²) in [5, 5.41) is 3.39. The van der Waals surface area contributed by atoms with Crippen molar-refractivity contribution in [2.75, 3.05) is 27.2 Å². The van der Waals surface area contributed by atoms with E-state index in [4.69, 9.17) is 4.74 Å². The van der Waals surface area contributed by atoms with Crippen LogP contribution in [0.15, 0.2) is 18.2 Å². The molecular weight excluding hydrogens is 260 g/mol. The summed E-state index contributed by atoms with van der Waals surface area (Å²) in [6.07, 6.45) is 2.57. The van der Waals surface area contributed by atoms with Crippen molar-refractivity contribution in [1.82, 2.24) is 10.2 Å². The first-order valence-corrected chi connectivity index (χ1v) is 6.76. The average Bonchev–Trinajstić information content (AvgIpc) is 2.39. The van der Waals surface area contributed by atoms with Gasteiger partial charge in [0.1, 0.15) is 5.75 Å². The lowest BCUT2D eigenvalue weighted by molar-refractivity contribution is 0.186. The molecule has 3 nitrogen and oxygen atoms in total. The Labute approximate surface area is 122 Å². The minimum atomic E-state index is 0. The summed E-state index contributed by atoms with van der Waals surface area (Å²) in [7, 11) is 3.81. The number of methoxy groups -OCH3 is 1. The highest BCUT2D eigenvalue weighted by atomic mass is 35.5. The highest BCUT2D eigenvalue weighted by Crippen LogP contribution is 2.23. The van der Waals surface area contributed by atoms with Gasteiger partial charge in [-0.15, -0.1) is 12.4 Å². The molecule has 1 saturated heterocycles. The van der Waals surface area contributed by atoms with Crippen LogP contribution in [0.1, 0.15) is 24.0 Å². The molecule has 1 atom stereocenters. The van der Waals surface area contributed by atoms with E-state index in [1.165, 1.54) is 30.5 Å². The van der Waals surface area contributed by atoms with Crippen molar-refractivity contribution in [1.29, 1.82) is 0 Å². The van der Waals surface area contributed by atoms with Gasteiger partial charge in [-0.1, -0.05) is 17.7 Å². The molecule has 1 fully saturated rings. The first kappa shape index (κ1) is 16.3. The zero-order valence-corrected chi connectivity index (χ0v) is 12.9. The van der Waals surface area contributed by atoms with Crippen LogP contribution in [-0.2, 0) is 6.54 Å². The van der Waals surface area contributed by atoms with Gasteiger partial charge in [-0.3, -0.25) is 4.90 Å². The number of nitrogens with zero attached hydrogens (tertiary/aromatic N) is 1. The number of benzene rings is 1. The number of likely N-dealkylation sites (N-methyl/N-ethyl adjacent to an activating group) is 1. The van der Waals surface area contributed by atoms with E-state index in [1.54, 1.807) is 7.11 Å². The lowest BCUT2D eigenvalue weighted by Crippen LogP contribution is -2.43. The van der Waals surface area contributed by atoms with Crippen molar-refractivity contribution < 1.29 is 4.74 Å². The summed E-state index contributed by atoms with van der Waals surface area (Å²) in [5.74, 6) is 1.01. The van der Waals surface area contributed by atoms with Gasteiger partial charge in [0, 0.05) is 24.7 Å². The third-order valence-electron chi connectivity index (χ3n) is 3.74. The zero-order valence-electron chi connectivity index (χ0n) is 12.1. The number of ether oxygens (including phenoxy) is 1. The molecule has 1 unspecified atom stereocenters. The van der Waals surface area contributed by atoms with Crippen LogP contribution in [-0.4, -0.2) is 38.2 Å². The van der Waals surface area contributed by atoms with Crippen LogP contribution in [0.25, 0.3) is 0 Å². The SMILES string of the molecule is CNC1CCCN(Cc2cc(C)ccc2OC)C1.Cl. The lowest BCUT2D eigenvalue weighted by atomic mass is 10.0. The topological polar surface area (TPSA) is 24.5 Å². The van der Waals surface area contributed by atoms with Crippen molar-refractivity contribution in [3.8, 4) is 5.75 Å². The summed E-state index contributed by atoms with van der Waals surface area (Å²) in [6.45, 7) is 5.45. The second-order valence-electron chi connectivity index (χ2n) is 5.18. The molecule has 0 aromatic heterocycles. The molecular formula is C15H25ClN2O. The first-order valence-electron chi connectivity index (χ1n) is 6.76. The van der Waals surface area contributed by atoms with Gasteiger partial charge in [0.2, 0.25) is 0 Å². The Balaban J connectivity index is 0.00000180. The minimum absolute atomic E-state index is 0. The second-order valence-corrected chi connectivity index (χ2v) is 5.18. The summed E-state index contributed by atoms with van der Waals surface area (Å²) in [5.41, 5.74) is 2.60. The fourth-order valence-electron chi connectivity index (χ4n) is 2.71. The van der Waals surface area contributed by atoms with Gasteiger partial charge in [0.25, 0.3) is 0 Å². The molecule has 2 rings (SSSR count). The van der Waals surface area contributed by atoms with Crippen molar-refractivity contribution in [2.45, 2.75) is 32.4 Å². The van der Waals surface area contributed by atoms with Crippen LogP contribution >= 0.6 is 12.4 Å². The Kier molecular flexibility index (Phi) is 6.63. The molecule has 0 radical (unpaired) electrons. The van der Waals surface area contributed by atoms with Crippen LogP contribution < -0.4 is 10.1 Å². The fraction of sp³-hybridized carbons (Fsp3) is 0.600. The molecule has 0 aliphatic carbocycles. The van der Waals surface area contributed by atoms with Crippen LogP contribution in [0.5, 0.6) is 5.75 Å². The van der Waals surface area contributed by atoms with Gasteiger partial charge in [0.15, 0.2) is 0 Å². The zero-order chi connectivity index (χ0) is 13.0. The molecule has 19 heavy (non-hydrogen) atoms. The molecule has 1 N–H and O–H groups in total. The van der Waals surface area contributed by atoms with Crippen LogP contribution in [0.4, 0.5) is 0 Å². The standard InChI is InChI=1S/C15H24N2O.ClH/c1-12-6-7-15(18-3)13(9-12)10-17-8-4-5-14(11-17)16-2;/h6-7,9,14,16H,4-5,8,10-11H2,1-3H3;1H. The second kappa shape index (κ2) is 7.73. The predicted octanol–water partition coefficient (Wildman–Crippen LogP) is 2.61. The molecule has 108 valence electrons. The predicted molar refractivity (Wildman–Crippen MR) is 82.3 cm³/mol. The van der Waals surface area contributed by atoms with Crippen LogP contribution in [0, 0.1) is 6.92 Å². The van der Waals surface area contributed by atoms with Crippen molar-refractivity contribution in [3.05, 3.63) is 29.3 Å². The number of piperidine rings is 1. The molecule has 1 aliphatic heterocycles. The van der Waals surface area contributed by atoms with E-state index in [-0.39, 0.29) is 12.4 Å². The van der Waals surface area contributed by atoms with Crippen LogP contribution in [0.2, 0.25) is 0 Å². The van der Waals surface area contributed by atoms with E-state index in [9.17, 15) is 0 Å². The summed E-state index contributed by atoms with van der Waals surface area (Å²) in [4.78, 5) is 2.52. The number of halogens is 1.